The first-order valence-corrected chi connectivity index (χ1v) is 9.27. The lowest BCUT2D eigenvalue weighted by molar-refractivity contribution is 0.102. The number of aromatic nitrogens is 5. The molecule has 8 nitrogen and oxygen atoms in total. The summed E-state index contributed by atoms with van der Waals surface area (Å²) in [7, 11) is 0. The van der Waals surface area contributed by atoms with Gasteiger partial charge < -0.3 is 9.88 Å². The van der Waals surface area contributed by atoms with E-state index in [1.165, 1.54) is 0 Å². The number of nitrogens with zero attached hydrogens (tertiary/aromatic N) is 5. The molecule has 0 aliphatic carbocycles. The molecule has 0 atom stereocenters. The van der Waals surface area contributed by atoms with E-state index in [4.69, 9.17) is 0 Å². The van der Waals surface area contributed by atoms with Crippen LogP contribution in [-0.2, 0) is 6.54 Å². The van der Waals surface area contributed by atoms with Crippen LogP contribution in [-0.4, -0.2) is 30.0 Å². The van der Waals surface area contributed by atoms with Crippen LogP contribution in [0.4, 0.5) is 5.69 Å². The zero-order chi connectivity index (χ0) is 20.5. The summed E-state index contributed by atoms with van der Waals surface area (Å²) in [4.78, 5) is 37.8. The molecule has 4 aromatic rings. The number of rotatable bonds is 4. The molecule has 0 radical (unpaired) electrons. The van der Waals surface area contributed by atoms with Crippen molar-refractivity contribution in [3.63, 3.8) is 0 Å². The van der Waals surface area contributed by atoms with Crippen molar-refractivity contribution >= 4 is 22.6 Å². The Labute approximate surface area is 166 Å². The van der Waals surface area contributed by atoms with Crippen LogP contribution in [0, 0.1) is 13.8 Å². The molecular formula is C21H20N6O2. The van der Waals surface area contributed by atoms with Crippen LogP contribution in [0.2, 0.25) is 0 Å². The van der Waals surface area contributed by atoms with Crippen molar-refractivity contribution in [1.29, 1.82) is 0 Å². The van der Waals surface area contributed by atoms with Crippen LogP contribution in [0.5, 0.6) is 0 Å². The molecule has 4 rings (SSSR count). The van der Waals surface area contributed by atoms with E-state index in [1.54, 1.807) is 48.1 Å². The van der Waals surface area contributed by atoms with Crippen LogP contribution in [0.3, 0.4) is 0 Å². The molecule has 0 aliphatic rings. The summed E-state index contributed by atoms with van der Waals surface area (Å²) >= 11 is 0. The topological polar surface area (TPSA) is 94.7 Å². The molecule has 0 spiro atoms. The number of pyridine rings is 1. The number of benzene rings is 1. The van der Waals surface area contributed by atoms with Crippen LogP contribution in [0.25, 0.3) is 16.9 Å². The second-order valence-corrected chi connectivity index (χ2v) is 6.65. The van der Waals surface area contributed by atoms with E-state index in [-0.39, 0.29) is 11.5 Å². The lowest BCUT2D eigenvalue weighted by atomic mass is 10.1. The minimum atomic E-state index is -0.269. The molecule has 3 heterocycles. The molecule has 1 N–H and O–H groups in total. The summed E-state index contributed by atoms with van der Waals surface area (Å²) in [6.45, 7) is 6.02. The second-order valence-electron chi connectivity index (χ2n) is 6.65. The summed E-state index contributed by atoms with van der Waals surface area (Å²) in [5.41, 5.74) is 2.66. The number of hydrogen-bond acceptors (Lipinski definition) is 5. The van der Waals surface area contributed by atoms with Gasteiger partial charge in [-0.05, 0) is 51.1 Å². The fraction of sp³-hybridized carbons (Fsp3) is 0.190. The van der Waals surface area contributed by atoms with Gasteiger partial charge in [-0.1, -0.05) is 0 Å². The van der Waals surface area contributed by atoms with Crippen molar-refractivity contribution in [3.05, 3.63) is 76.4 Å². The highest BCUT2D eigenvalue weighted by Gasteiger charge is 2.12. The van der Waals surface area contributed by atoms with Gasteiger partial charge in [0.15, 0.2) is 0 Å². The average molecular weight is 388 g/mol. The smallest absolute Gasteiger partial charge is 0.272 e. The molecule has 1 aromatic carbocycles. The molecule has 0 saturated carbocycles. The quantitative estimate of drug-likeness (QED) is 0.580. The predicted octanol–water partition coefficient (Wildman–Crippen LogP) is 2.87. The number of carbonyl (C=O) groups excluding carboxylic acids is 1. The zero-order valence-electron chi connectivity index (χ0n) is 16.4. The van der Waals surface area contributed by atoms with Crippen molar-refractivity contribution in [2.45, 2.75) is 27.3 Å². The first kappa shape index (κ1) is 18.5. The van der Waals surface area contributed by atoms with Crippen molar-refractivity contribution in [2.24, 2.45) is 0 Å². The Bertz CT molecular complexity index is 1270. The standard InChI is InChI=1S/C21H20N6O2/c1-4-26-18-7-5-15(11-17(18)24-13(2)21(26)29)20(28)25-16-6-8-19(23-12-16)27-10-9-22-14(27)3/h5-12H,4H2,1-3H3,(H,25,28). The van der Waals surface area contributed by atoms with Crippen LogP contribution >= 0.6 is 0 Å². The number of fused-ring (bicyclic) bond motifs is 1. The van der Waals surface area contributed by atoms with E-state index in [2.05, 4.69) is 20.3 Å². The van der Waals surface area contributed by atoms with Crippen LogP contribution in [0.1, 0.15) is 28.8 Å². The number of imidazole rings is 1. The van der Waals surface area contributed by atoms with Gasteiger partial charge in [0, 0.05) is 24.5 Å². The third-order valence-corrected chi connectivity index (χ3v) is 4.77. The molecule has 0 unspecified atom stereocenters. The number of nitrogens with one attached hydrogen (secondary N) is 1. The Kier molecular flexibility index (Phi) is 4.67. The van der Waals surface area contributed by atoms with Gasteiger partial charge in [-0.3, -0.25) is 14.2 Å². The van der Waals surface area contributed by atoms with E-state index >= 15 is 0 Å². The number of aryl methyl sites for hydroxylation is 3. The van der Waals surface area contributed by atoms with Gasteiger partial charge in [-0.15, -0.1) is 0 Å². The third kappa shape index (κ3) is 3.40. The molecule has 0 fully saturated rings. The highest BCUT2D eigenvalue weighted by atomic mass is 16.1. The highest BCUT2D eigenvalue weighted by Crippen LogP contribution is 2.16. The van der Waals surface area contributed by atoms with E-state index in [1.807, 2.05) is 30.7 Å². The van der Waals surface area contributed by atoms with Gasteiger partial charge in [0.05, 0.1) is 22.9 Å². The monoisotopic (exact) mass is 388 g/mol. The maximum Gasteiger partial charge on any atom is 0.272 e. The highest BCUT2D eigenvalue weighted by molar-refractivity contribution is 6.05. The lowest BCUT2D eigenvalue weighted by Gasteiger charge is -2.11. The Hall–Kier alpha value is -3.81. The molecule has 0 bridgehead atoms. The molecule has 3 aromatic heterocycles. The molecule has 1 amide bonds. The van der Waals surface area contributed by atoms with Gasteiger partial charge in [0.25, 0.3) is 11.5 Å². The van der Waals surface area contributed by atoms with Crippen molar-refractivity contribution in [2.75, 3.05) is 5.32 Å². The van der Waals surface area contributed by atoms with E-state index in [0.717, 1.165) is 11.6 Å². The average Bonchev–Trinajstić information content (AvgIpc) is 3.15. The molecular weight excluding hydrogens is 368 g/mol. The van der Waals surface area contributed by atoms with Crippen LogP contribution in [0.15, 0.2) is 53.7 Å². The normalized spacial score (nSPS) is 11.0. The molecule has 0 saturated heterocycles. The minimum Gasteiger partial charge on any atom is -0.321 e. The minimum absolute atomic E-state index is 0.114. The van der Waals surface area contributed by atoms with Gasteiger partial charge >= 0.3 is 0 Å². The second kappa shape index (κ2) is 7.31. The first-order valence-electron chi connectivity index (χ1n) is 9.27. The zero-order valence-corrected chi connectivity index (χ0v) is 16.4. The summed E-state index contributed by atoms with van der Waals surface area (Å²) < 4.78 is 3.51. The van der Waals surface area contributed by atoms with Crippen molar-refractivity contribution < 1.29 is 4.79 Å². The predicted molar refractivity (Wildman–Crippen MR) is 110 cm³/mol. The van der Waals surface area contributed by atoms with Gasteiger partial charge in [-0.2, -0.15) is 0 Å². The number of amides is 1. The molecule has 29 heavy (non-hydrogen) atoms. The largest absolute Gasteiger partial charge is 0.321 e. The Morgan fingerprint density at radius 2 is 1.97 bits per heavy atom. The summed E-state index contributed by atoms with van der Waals surface area (Å²) in [5.74, 6) is 1.29. The lowest BCUT2D eigenvalue weighted by Crippen LogP contribution is -2.23. The Morgan fingerprint density at radius 3 is 2.62 bits per heavy atom. The summed E-state index contributed by atoms with van der Waals surface area (Å²) in [6.07, 6.45) is 5.14. The number of hydrogen-bond donors (Lipinski definition) is 1. The fourth-order valence-electron chi connectivity index (χ4n) is 3.26. The van der Waals surface area contributed by atoms with Crippen molar-refractivity contribution in [1.82, 2.24) is 24.1 Å². The summed E-state index contributed by atoms with van der Waals surface area (Å²) in [5, 5.41) is 2.84. The summed E-state index contributed by atoms with van der Waals surface area (Å²) in [6, 6.07) is 8.75. The van der Waals surface area contributed by atoms with Crippen LogP contribution < -0.4 is 10.9 Å². The molecule has 0 aliphatic heterocycles. The van der Waals surface area contributed by atoms with Gasteiger partial charge in [-0.25, -0.2) is 15.0 Å². The molecule has 146 valence electrons. The Morgan fingerprint density at radius 1 is 1.14 bits per heavy atom. The fourth-order valence-corrected chi connectivity index (χ4v) is 3.26. The van der Waals surface area contributed by atoms with E-state index < -0.39 is 0 Å². The van der Waals surface area contributed by atoms with Crippen molar-refractivity contribution in [3.8, 4) is 5.82 Å². The maximum absolute atomic E-state index is 12.7. The van der Waals surface area contributed by atoms with E-state index in [9.17, 15) is 9.59 Å². The maximum atomic E-state index is 12.7. The Balaban J connectivity index is 1.60. The first-order chi connectivity index (χ1) is 14.0. The third-order valence-electron chi connectivity index (χ3n) is 4.77. The SMILES string of the molecule is CCn1c(=O)c(C)nc2cc(C(=O)Nc3ccc(-n4ccnc4C)nc3)ccc21. The number of anilines is 1. The van der Waals surface area contributed by atoms with Gasteiger partial charge in [0.1, 0.15) is 17.3 Å². The van der Waals surface area contributed by atoms with E-state index in [0.29, 0.717) is 34.5 Å². The van der Waals surface area contributed by atoms with Gasteiger partial charge in [0.2, 0.25) is 0 Å². The molecule has 8 heteroatoms. The number of carbonyl (C=O) groups is 1.